The number of rotatable bonds is 3. The smallest absolute Gasteiger partial charge is 0.124 e. The fourth-order valence-corrected chi connectivity index (χ4v) is 1.87. The van der Waals surface area contributed by atoms with Crippen molar-refractivity contribution in [2.75, 3.05) is 5.32 Å². The highest BCUT2D eigenvalue weighted by molar-refractivity contribution is 14.1. The van der Waals surface area contributed by atoms with E-state index in [9.17, 15) is 4.39 Å². The monoisotopic (exact) mass is 317 g/mol. The summed E-state index contributed by atoms with van der Waals surface area (Å²) in [5, 5.41) is 3.20. The SMILES string of the molecule is Fc1ccc(NCc2cnc[nH]2)c(I)c1. The van der Waals surface area contributed by atoms with E-state index in [-0.39, 0.29) is 5.82 Å². The van der Waals surface area contributed by atoms with Crippen LogP contribution in [0.4, 0.5) is 10.1 Å². The van der Waals surface area contributed by atoms with E-state index < -0.39 is 0 Å². The number of H-pyrrole nitrogens is 1. The minimum absolute atomic E-state index is 0.216. The lowest BCUT2D eigenvalue weighted by atomic mass is 10.3. The van der Waals surface area contributed by atoms with Crippen LogP contribution in [0.15, 0.2) is 30.7 Å². The van der Waals surface area contributed by atoms with E-state index in [1.54, 1.807) is 18.6 Å². The lowest BCUT2D eigenvalue weighted by Crippen LogP contribution is -2.01. The molecule has 0 saturated heterocycles. The molecular formula is C10H9FIN3. The van der Waals surface area contributed by atoms with Crippen molar-refractivity contribution >= 4 is 28.3 Å². The van der Waals surface area contributed by atoms with Crippen molar-refractivity contribution in [3.63, 3.8) is 0 Å². The predicted octanol–water partition coefficient (Wildman–Crippen LogP) is 2.77. The molecule has 2 aromatic rings. The van der Waals surface area contributed by atoms with Gasteiger partial charge in [0.25, 0.3) is 0 Å². The summed E-state index contributed by atoms with van der Waals surface area (Å²) in [6.45, 7) is 0.654. The van der Waals surface area contributed by atoms with Gasteiger partial charge in [0.1, 0.15) is 5.82 Å². The highest BCUT2D eigenvalue weighted by Gasteiger charge is 2.01. The number of hydrogen-bond donors (Lipinski definition) is 2. The van der Waals surface area contributed by atoms with Crippen molar-refractivity contribution in [3.05, 3.63) is 45.8 Å². The molecule has 3 nitrogen and oxygen atoms in total. The second kappa shape index (κ2) is 4.61. The van der Waals surface area contributed by atoms with Gasteiger partial charge in [0.15, 0.2) is 0 Å². The third-order valence-electron chi connectivity index (χ3n) is 1.96. The Morgan fingerprint density at radius 2 is 2.33 bits per heavy atom. The summed E-state index contributed by atoms with van der Waals surface area (Å²) in [7, 11) is 0. The zero-order chi connectivity index (χ0) is 10.7. The van der Waals surface area contributed by atoms with Gasteiger partial charge in [-0.3, -0.25) is 0 Å². The average molecular weight is 317 g/mol. The van der Waals surface area contributed by atoms with Crippen LogP contribution in [-0.4, -0.2) is 9.97 Å². The molecule has 5 heteroatoms. The second-order valence-electron chi connectivity index (χ2n) is 3.05. The molecular weight excluding hydrogens is 308 g/mol. The van der Waals surface area contributed by atoms with Crippen LogP contribution in [0.25, 0.3) is 0 Å². The molecule has 0 fully saturated rings. The second-order valence-corrected chi connectivity index (χ2v) is 4.22. The van der Waals surface area contributed by atoms with E-state index in [4.69, 9.17) is 0 Å². The molecule has 0 aliphatic rings. The van der Waals surface area contributed by atoms with Crippen LogP contribution in [0.3, 0.4) is 0 Å². The Balaban J connectivity index is 2.05. The van der Waals surface area contributed by atoms with Crippen molar-refractivity contribution < 1.29 is 4.39 Å². The van der Waals surface area contributed by atoms with Crippen molar-refractivity contribution in [1.29, 1.82) is 0 Å². The summed E-state index contributed by atoms with van der Waals surface area (Å²) in [5.41, 5.74) is 1.92. The fraction of sp³-hybridized carbons (Fsp3) is 0.100. The van der Waals surface area contributed by atoms with Gasteiger partial charge < -0.3 is 10.3 Å². The fourth-order valence-electron chi connectivity index (χ4n) is 1.20. The predicted molar refractivity (Wildman–Crippen MR) is 65.0 cm³/mol. The van der Waals surface area contributed by atoms with Crippen molar-refractivity contribution in [2.24, 2.45) is 0 Å². The Kier molecular flexibility index (Phi) is 3.20. The highest BCUT2D eigenvalue weighted by atomic mass is 127. The molecule has 2 N–H and O–H groups in total. The van der Waals surface area contributed by atoms with Gasteiger partial charge >= 0.3 is 0 Å². The normalized spacial score (nSPS) is 10.3. The zero-order valence-electron chi connectivity index (χ0n) is 7.80. The molecule has 15 heavy (non-hydrogen) atoms. The Bertz CT molecular complexity index is 442. The van der Waals surface area contributed by atoms with Crippen molar-refractivity contribution in [3.8, 4) is 0 Å². The molecule has 0 radical (unpaired) electrons. The zero-order valence-corrected chi connectivity index (χ0v) is 9.95. The topological polar surface area (TPSA) is 40.7 Å². The number of halogens is 2. The molecule has 2 rings (SSSR count). The summed E-state index contributed by atoms with van der Waals surface area (Å²) in [4.78, 5) is 6.90. The maximum Gasteiger partial charge on any atom is 0.124 e. The lowest BCUT2D eigenvalue weighted by Gasteiger charge is -2.06. The van der Waals surface area contributed by atoms with Crippen LogP contribution < -0.4 is 5.32 Å². The Hall–Kier alpha value is -1.11. The van der Waals surface area contributed by atoms with Gasteiger partial charge in [-0.1, -0.05) is 0 Å². The first-order valence-electron chi connectivity index (χ1n) is 4.42. The van der Waals surface area contributed by atoms with Crippen LogP contribution in [0.1, 0.15) is 5.69 Å². The first-order valence-corrected chi connectivity index (χ1v) is 5.50. The van der Waals surface area contributed by atoms with Crippen LogP contribution in [0.5, 0.6) is 0 Å². The number of aromatic amines is 1. The van der Waals surface area contributed by atoms with E-state index in [0.717, 1.165) is 15.0 Å². The van der Waals surface area contributed by atoms with Crippen molar-refractivity contribution in [2.45, 2.75) is 6.54 Å². The molecule has 0 bridgehead atoms. The van der Waals surface area contributed by atoms with E-state index in [2.05, 4.69) is 37.9 Å². The van der Waals surface area contributed by atoms with Gasteiger partial charge in [0, 0.05) is 15.5 Å². The van der Waals surface area contributed by atoms with E-state index in [1.165, 1.54) is 12.1 Å². The van der Waals surface area contributed by atoms with Gasteiger partial charge in [-0.2, -0.15) is 0 Å². The van der Waals surface area contributed by atoms with Gasteiger partial charge in [0.05, 0.1) is 18.6 Å². The van der Waals surface area contributed by atoms with Crippen LogP contribution in [0, 0.1) is 9.39 Å². The maximum absolute atomic E-state index is 12.8. The standard InChI is InChI=1S/C10H9FIN3/c11-7-1-2-10(9(12)3-7)14-5-8-4-13-6-15-8/h1-4,6,14H,5H2,(H,13,15). The molecule has 0 aliphatic heterocycles. The third kappa shape index (κ3) is 2.68. The molecule has 0 atom stereocenters. The number of aromatic nitrogens is 2. The Labute approximate surface area is 100 Å². The minimum Gasteiger partial charge on any atom is -0.379 e. The maximum atomic E-state index is 12.8. The number of imidazole rings is 1. The van der Waals surface area contributed by atoms with Gasteiger partial charge in [-0.05, 0) is 40.8 Å². The molecule has 0 saturated carbocycles. The van der Waals surface area contributed by atoms with E-state index in [0.29, 0.717) is 6.54 Å². The molecule has 1 aromatic heterocycles. The van der Waals surface area contributed by atoms with E-state index >= 15 is 0 Å². The average Bonchev–Trinajstić information content (AvgIpc) is 2.69. The van der Waals surface area contributed by atoms with Gasteiger partial charge in [0.2, 0.25) is 0 Å². The first kappa shape index (κ1) is 10.4. The lowest BCUT2D eigenvalue weighted by molar-refractivity contribution is 0.627. The molecule has 1 heterocycles. The third-order valence-corrected chi connectivity index (χ3v) is 2.85. The molecule has 78 valence electrons. The Morgan fingerprint density at radius 3 is 3.00 bits per heavy atom. The number of anilines is 1. The van der Waals surface area contributed by atoms with Gasteiger partial charge in [-0.25, -0.2) is 9.37 Å². The molecule has 0 aliphatic carbocycles. The van der Waals surface area contributed by atoms with Crippen LogP contribution in [-0.2, 0) is 6.54 Å². The number of nitrogens with zero attached hydrogens (tertiary/aromatic N) is 1. The highest BCUT2D eigenvalue weighted by Crippen LogP contribution is 2.19. The molecule has 1 aromatic carbocycles. The first-order chi connectivity index (χ1) is 7.25. The summed E-state index contributed by atoms with van der Waals surface area (Å²) in [6, 6.07) is 4.67. The van der Waals surface area contributed by atoms with Crippen LogP contribution >= 0.6 is 22.6 Å². The Morgan fingerprint density at radius 1 is 1.47 bits per heavy atom. The summed E-state index contributed by atoms with van der Waals surface area (Å²) in [6.07, 6.45) is 3.38. The molecule has 0 amide bonds. The van der Waals surface area contributed by atoms with Crippen molar-refractivity contribution in [1.82, 2.24) is 9.97 Å². The quantitative estimate of drug-likeness (QED) is 0.855. The van der Waals surface area contributed by atoms with E-state index in [1.807, 2.05) is 0 Å². The number of hydrogen-bond acceptors (Lipinski definition) is 2. The summed E-state index contributed by atoms with van der Waals surface area (Å²) < 4.78 is 13.7. The number of benzene rings is 1. The van der Waals surface area contributed by atoms with Gasteiger partial charge in [-0.15, -0.1) is 0 Å². The summed E-state index contributed by atoms with van der Waals surface area (Å²) in [5.74, 6) is -0.216. The minimum atomic E-state index is -0.216. The molecule has 0 unspecified atom stereocenters. The molecule has 0 spiro atoms. The van der Waals surface area contributed by atoms with Crippen LogP contribution in [0.2, 0.25) is 0 Å². The summed E-state index contributed by atoms with van der Waals surface area (Å²) >= 11 is 2.10. The largest absolute Gasteiger partial charge is 0.379 e. The number of nitrogens with one attached hydrogen (secondary N) is 2.